The molecule has 2 nitrogen and oxygen atoms in total. The lowest BCUT2D eigenvalue weighted by atomic mass is 10.0. The van der Waals surface area contributed by atoms with Crippen molar-refractivity contribution in [2.24, 2.45) is 0 Å². The van der Waals surface area contributed by atoms with Crippen LogP contribution in [0.1, 0.15) is 18.9 Å². The molecule has 1 aromatic rings. The van der Waals surface area contributed by atoms with Gasteiger partial charge in [0.1, 0.15) is 0 Å². The molecule has 0 radical (unpaired) electrons. The summed E-state index contributed by atoms with van der Waals surface area (Å²) in [4.78, 5) is 0. The minimum atomic E-state index is 0.396. The number of morpholine rings is 1. The maximum Gasteiger partial charge on any atom is 0.0623 e. The number of hydrogen-bond donors (Lipinski definition) is 1. The Balaban J connectivity index is 2.04. The van der Waals surface area contributed by atoms with Crippen molar-refractivity contribution >= 4 is 29.3 Å². The third-order valence-electron chi connectivity index (χ3n) is 2.93. The van der Waals surface area contributed by atoms with Crippen LogP contribution in [0.2, 0.25) is 10.0 Å². The molecule has 0 aliphatic carbocycles. The Morgan fingerprint density at radius 1 is 1.50 bits per heavy atom. The van der Waals surface area contributed by atoms with Crippen LogP contribution in [-0.4, -0.2) is 25.8 Å². The van der Waals surface area contributed by atoms with Gasteiger partial charge >= 0.3 is 0 Å². The fourth-order valence-corrected chi connectivity index (χ4v) is 2.44. The number of nitrogens with one attached hydrogen (secondary N) is 1. The number of hydrogen-bond acceptors (Lipinski definition) is 2. The molecule has 98 valence electrons. The number of halogens is 2. The molecule has 1 aliphatic heterocycles. The minimum Gasteiger partial charge on any atom is -0.379 e. The Morgan fingerprint density at radius 3 is 3.06 bits per heavy atom. The van der Waals surface area contributed by atoms with Crippen LogP contribution < -0.4 is 5.32 Å². The standard InChI is InChI=1S/C14H17Cl2NO/c1-10(7-13-9-18-5-4-17-13)6-11-8-12(15)2-3-14(11)16/h2-3,6,8,13,17H,4-5,7,9H2,1H3/b10-6-. The van der Waals surface area contributed by atoms with Gasteiger partial charge in [0.05, 0.1) is 13.2 Å². The molecule has 1 aliphatic rings. The van der Waals surface area contributed by atoms with Crippen LogP contribution >= 0.6 is 23.2 Å². The van der Waals surface area contributed by atoms with Crippen LogP contribution in [0.25, 0.3) is 6.08 Å². The Bertz CT molecular complexity index is 439. The van der Waals surface area contributed by atoms with Crippen molar-refractivity contribution in [1.82, 2.24) is 5.32 Å². The third-order valence-corrected chi connectivity index (χ3v) is 3.51. The first-order valence-corrected chi connectivity index (χ1v) is 6.84. The van der Waals surface area contributed by atoms with Gasteiger partial charge in [-0.3, -0.25) is 0 Å². The molecule has 2 rings (SSSR count). The molecule has 0 aromatic heterocycles. The summed E-state index contributed by atoms with van der Waals surface area (Å²) in [6, 6.07) is 5.91. The van der Waals surface area contributed by atoms with Crippen molar-refractivity contribution in [3.05, 3.63) is 39.4 Å². The molecule has 1 saturated heterocycles. The molecule has 1 unspecified atom stereocenters. The molecule has 1 N–H and O–H groups in total. The van der Waals surface area contributed by atoms with Crippen molar-refractivity contribution in [3.63, 3.8) is 0 Å². The molecular formula is C14H17Cl2NO. The highest BCUT2D eigenvalue weighted by Crippen LogP contribution is 2.24. The largest absolute Gasteiger partial charge is 0.379 e. The van der Waals surface area contributed by atoms with Gasteiger partial charge in [-0.15, -0.1) is 0 Å². The molecule has 0 saturated carbocycles. The SMILES string of the molecule is C/C(=C/c1cc(Cl)ccc1Cl)CC1COCCN1. The van der Waals surface area contributed by atoms with Gasteiger partial charge in [-0.05, 0) is 37.1 Å². The molecule has 1 atom stereocenters. The summed E-state index contributed by atoms with van der Waals surface area (Å²) in [5.74, 6) is 0. The van der Waals surface area contributed by atoms with E-state index in [-0.39, 0.29) is 0 Å². The van der Waals surface area contributed by atoms with E-state index in [2.05, 4.69) is 18.3 Å². The van der Waals surface area contributed by atoms with E-state index in [1.54, 1.807) is 6.07 Å². The first-order chi connectivity index (χ1) is 8.65. The Hall–Kier alpha value is -0.540. The van der Waals surface area contributed by atoms with Crippen molar-refractivity contribution < 1.29 is 4.74 Å². The fraction of sp³-hybridized carbons (Fsp3) is 0.429. The van der Waals surface area contributed by atoms with Crippen molar-refractivity contribution in [2.45, 2.75) is 19.4 Å². The van der Waals surface area contributed by atoms with E-state index in [0.29, 0.717) is 11.1 Å². The van der Waals surface area contributed by atoms with Gasteiger partial charge in [-0.2, -0.15) is 0 Å². The summed E-state index contributed by atoms with van der Waals surface area (Å²) in [5, 5.41) is 4.87. The Labute approximate surface area is 118 Å². The topological polar surface area (TPSA) is 21.3 Å². The second-order valence-electron chi connectivity index (χ2n) is 4.59. The summed E-state index contributed by atoms with van der Waals surface area (Å²) in [5.41, 5.74) is 2.24. The normalized spacial score (nSPS) is 21.1. The van der Waals surface area contributed by atoms with Gasteiger partial charge in [0.15, 0.2) is 0 Å². The zero-order valence-electron chi connectivity index (χ0n) is 10.4. The molecule has 4 heteroatoms. The van der Waals surface area contributed by atoms with E-state index >= 15 is 0 Å². The summed E-state index contributed by atoms with van der Waals surface area (Å²) in [7, 11) is 0. The van der Waals surface area contributed by atoms with E-state index in [1.165, 1.54) is 5.57 Å². The molecule has 1 heterocycles. The Kier molecular flexibility index (Phi) is 5.07. The van der Waals surface area contributed by atoms with E-state index in [1.807, 2.05) is 12.1 Å². The average molecular weight is 286 g/mol. The van der Waals surface area contributed by atoms with Gasteiger partial charge in [0.25, 0.3) is 0 Å². The third kappa shape index (κ3) is 3.99. The van der Waals surface area contributed by atoms with Crippen molar-refractivity contribution in [1.29, 1.82) is 0 Å². The molecule has 0 bridgehead atoms. The molecular weight excluding hydrogens is 269 g/mol. The van der Waals surface area contributed by atoms with Crippen LogP contribution in [0.3, 0.4) is 0 Å². The number of rotatable bonds is 3. The first-order valence-electron chi connectivity index (χ1n) is 6.08. The van der Waals surface area contributed by atoms with Gasteiger partial charge in [0.2, 0.25) is 0 Å². The summed E-state index contributed by atoms with van der Waals surface area (Å²) in [6.45, 7) is 4.61. The lowest BCUT2D eigenvalue weighted by Crippen LogP contribution is -2.41. The highest BCUT2D eigenvalue weighted by atomic mass is 35.5. The summed E-state index contributed by atoms with van der Waals surface area (Å²) in [6.07, 6.45) is 3.05. The van der Waals surface area contributed by atoms with Crippen molar-refractivity contribution in [3.8, 4) is 0 Å². The van der Waals surface area contributed by atoms with E-state index in [9.17, 15) is 0 Å². The quantitative estimate of drug-likeness (QED) is 0.913. The van der Waals surface area contributed by atoms with Crippen LogP contribution in [0.5, 0.6) is 0 Å². The molecule has 1 fully saturated rings. The second-order valence-corrected chi connectivity index (χ2v) is 5.43. The van der Waals surface area contributed by atoms with Crippen LogP contribution in [0.15, 0.2) is 23.8 Å². The fourth-order valence-electron chi connectivity index (χ4n) is 2.09. The van der Waals surface area contributed by atoms with Gasteiger partial charge < -0.3 is 10.1 Å². The monoisotopic (exact) mass is 285 g/mol. The smallest absolute Gasteiger partial charge is 0.0623 e. The van der Waals surface area contributed by atoms with Crippen molar-refractivity contribution in [2.75, 3.05) is 19.8 Å². The number of ether oxygens (including phenoxy) is 1. The predicted octanol–water partition coefficient (Wildman–Crippen LogP) is 3.78. The highest BCUT2D eigenvalue weighted by molar-refractivity contribution is 6.34. The van der Waals surface area contributed by atoms with E-state index < -0.39 is 0 Å². The number of benzene rings is 1. The lowest BCUT2D eigenvalue weighted by molar-refractivity contribution is 0.0771. The second kappa shape index (κ2) is 6.58. The first kappa shape index (κ1) is 13.9. The lowest BCUT2D eigenvalue weighted by Gasteiger charge is -2.24. The molecule has 18 heavy (non-hydrogen) atoms. The van der Waals surface area contributed by atoms with Gasteiger partial charge in [0, 0.05) is 22.6 Å². The maximum absolute atomic E-state index is 6.14. The van der Waals surface area contributed by atoms with Gasteiger partial charge in [-0.1, -0.05) is 34.9 Å². The zero-order valence-corrected chi connectivity index (χ0v) is 11.9. The summed E-state index contributed by atoms with van der Waals surface area (Å²) < 4.78 is 5.44. The van der Waals surface area contributed by atoms with E-state index in [4.69, 9.17) is 27.9 Å². The van der Waals surface area contributed by atoms with Gasteiger partial charge in [-0.25, -0.2) is 0 Å². The Morgan fingerprint density at radius 2 is 2.33 bits per heavy atom. The summed E-state index contributed by atoms with van der Waals surface area (Å²) >= 11 is 12.1. The van der Waals surface area contributed by atoms with Crippen LogP contribution in [0.4, 0.5) is 0 Å². The maximum atomic E-state index is 6.14. The minimum absolute atomic E-state index is 0.396. The molecule has 0 amide bonds. The van der Waals surface area contributed by atoms with Crippen LogP contribution in [-0.2, 0) is 4.74 Å². The highest BCUT2D eigenvalue weighted by Gasteiger charge is 2.13. The molecule has 0 spiro atoms. The zero-order chi connectivity index (χ0) is 13.0. The molecule has 1 aromatic carbocycles. The predicted molar refractivity (Wildman–Crippen MR) is 77.3 cm³/mol. The van der Waals surface area contributed by atoms with E-state index in [0.717, 1.165) is 36.8 Å². The van der Waals surface area contributed by atoms with Crippen LogP contribution in [0, 0.1) is 0 Å². The average Bonchev–Trinajstić information content (AvgIpc) is 2.35.